The van der Waals surface area contributed by atoms with Crippen LogP contribution in [-0.2, 0) is 0 Å². The number of nitrogens with one attached hydrogen (secondary N) is 1. The van der Waals surface area contributed by atoms with Crippen LogP contribution in [0.3, 0.4) is 0 Å². The Morgan fingerprint density at radius 1 is 1.31 bits per heavy atom. The first-order chi connectivity index (χ1) is 7.67. The van der Waals surface area contributed by atoms with Crippen molar-refractivity contribution in [3.05, 3.63) is 11.9 Å². The van der Waals surface area contributed by atoms with Crippen molar-refractivity contribution >= 4 is 17.6 Å². The van der Waals surface area contributed by atoms with Gasteiger partial charge in [-0.1, -0.05) is 20.8 Å². The number of hydrogen-bond donors (Lipinski definition) is 1. The lowest BCUT2D eigenvalue weighted by molar-refractivity contribution is 0.754. The van der Waals surface area contributed by atoms with Crippen LogP contribution >= 0.6 is 11.8 Å². The third kappa shape index (κ3) is 4.00. The molecule has 0 unspecified atom stereocenters. The molecule has 3 nitrogen and oxygen atoms in total. The maximum atomic E-state index is 4.56. The topological polar surface area (TPSA) is 37.8 Å². The van der Waals surface area contributed by atoms with Gasteiger partial charge >= 0.3 is 0 Å². The molecule has 0 fully saturated rings. The molecule has 1 rings (SSSR count). The zero-order valence-corrected chi connectivity index (χ0v) is 11.4. The monoisotopic (exact) mass is 239 g/mol. The van der Waals surface area contributed by atoms with Gasteiger partial charge in [0.2, 0.25) is 0 Å². The Kier molecular flexibility index (Phi) is 5.60. The number of hydrogen-bond acceptors (Lipinski definition) is 4. The SMILES string of the molecule is CCCSc1cc(NCC)nc(C(C)C)n1. The molecule has 1 aromatic rings. The summed E-state index contributed by atoms with van der Waals surface area (Å²) in [6.07, 6.45) is 1.17. The average Bonchev–Trinajstić information content (AvgIpc) is 2.26. The van der Waals surface area contributed by atoms with Crippen LogP contribution in [0.25, 0.3) is 0 Å². The molecule has 4 heteroatoms. The third-order valence-corrected chi connectivity index (χ3v) is 3.17. The summed E-state index contributed by atoms with van der Waals surface area (Å²) in [5, 5.41) is 4.34. The fourth-order valence-electron chi connectivity index (χ4n) is 1.25. The molecule has 0 saturated carbocycles. The van der Waals surface area contributed by atoms with E-state index < -0.39 is 0 Å². The van der Waals surface area contributed by atoms with E-state index in [1.807, 2.05) is 6.07 Å². The largest absolute Gasteiger partial charge is 0.370 e. The molecule has 0 bridgehead atoms. The van der Waals surface area contributed by atoms with Crippen LogP contribution in [0.5, 0.6) is 0 Å². The minimum absolute atomic E-state index is 0.375. The summed E-state index contributed by atoms with van der Waals surface area (Å²) in [7, 11) is 0. The van der Waals surface area contributed by atoms with Crippen molar-refractivity contribution in [2.75, 3.05) is 17.6 Å². The van der Waals surface area contributed by atoms with E-state index >= 15 is 0 Å². The maximum Gasteiger partial charge on any atom is 0.134 e. The highest BCUT2D eigenvalue weighted by molar-refractivity contribution is 7.99. The summed E-state index contributed by atoms with van der Waals surface area (Å²) < 4.78 is 0. The Bertz CT molecular complexity index is 326. The molecule has 1 N–H and O–H groups in total. The van der Waals surface area contributed by atoms with Crippen LogP contribution in [0.4, 0.5) is 5.82 Å². The van der Waals surface area contributed by atoms with Gasteiger partial charge < -0.3 is 5.32 Å². The standard InChI is InChI=1S/C12H21N3S/c1-5-7-16-11-8-10(13-6-2)14-12(15-11)9(3)4/h8-9H,5-7H2,1-4H3,(H,13,14,15). The number of nitrogens with zero attached hydrogens (tertiary/aromatic N) is 2. The van der Waals surface area contributed by atoms with Crippen LogP contribution in [0, 0.1) is 0 Å². The fourth-order valence-corrected chi connectivity index (χ4v) is 2.02. The summed E-state index contributed by atoms with van der Waals surface area (Å²) in [5.41, 5.74) is 0. The van der Waals surface area contributed by atoms with Crippen molar-refractivity contribution in [3.63, 3.8) is 0 Å². The van der Waals surface area contributed by atoms with Gasteiger partial charge in [-0.05, 0) is 19.1 Å². The smallest absolute Gasteiger partial charge is 0.134 e. The van der Waals surface area contributed by atoms with E-state index in [1.54, 1.807) is 11.8 Å². The van der Waals surface area contributed by atoms with Gasteiger partial charge in [0.15, 0.2) is 0 Å². The first kappa shape index (κ1) is 13.3. The van der Waals surface area contributed by atoms with Gasteiger partial charge in [0.25, 0.3) is 0 Å². The Hall–Kier alpha value is -0.770. The summed E-state index contributed by atoms with van der Waals surface area (Å²) in [4.78, 5) is 9.06. The van der Waals surface area contributed by atoms with E-state index in [-0.39, 0.29) is 0 Å². The molecule has 1 aromatic heterocycles. The molecule has 0 aliphatic heterocycles. The minimum Gasteiger partial charge on any atom is -0.370 e. The van der Waals surface area contributed by atoms with E-state index in [1.165, 1.54) is 6.42 Å². The number of aromatic nitrogens is 2. The predicted octanol–water partition coefficient (Wildman–Crippen LogP) is 3.53. The van der Waals surface area contributed by atoms with Crippen LogP contribution in [0.1, 0.15) is 45.9 Å². The molecular formula is C12H21N3S. The number of anilines is 1. The fraction of sp³-hybridized carbons (Fsp3) is 0.667. The molecular weight excluding hydrogens is 218 g/mol. The predicted molar refractivity (Wildman–Crippen MR) is 71.3 cm³/mol. The first-order valence-corrected chi connectivity index (χ1v) is 6.91. The van der Waals surface area contributed by atoms with Crippen molar-refractivity contribution in [2.45, 2.75) is 45.1 Å². The molecule has 0 saturated heterocycles. The molecule has 0 aromatic carbocycles. The molecule has 0 aliphatic carbocycles. The van der Waals surface area contributed by atoms with Gasteiger partial charge in [-0.15, -0.1) is 11.8 Å². The highest BCUT2D eigenvalue weighted by Crippen LogP contribution is 2.22. The summed E-state index contributed by atoms with van der Waals surface area (Å²) in [5.74, 6) is 3.36. The minimum atomic E-state index is 0.375. The second-order valence-corrected chi connectivity index (χ2v) is 5.10. The molecule has 16 heavy (non-hydrogen) atoms. The number of rotatable bonds is 6. The van der Waals surface area contributed by atoms with Gasteiger partial charge in [0.1, 0.15) is 16.7 Å². The van der Waals surface area contributed by atoms with Crippen LogP contribution in [0.2, 0.25) is 0 Å². The Balaban J connectivity index is 2.89. The quantitative estimate of drug-likeness (QED) is 0.608. The molecule has 0 amide bonds. The Morgan fingerprint density at radius 3 is 2.62 bits per heavy atom. The van der Waals surface area contributed by atoms with Crippen molar-refractivity contribution in [2.24, 2.45) is 0 Å². The second kappa shape index (κ2) is 6.74. The van der Waals surface area contributed by atoms with Gasteiger partial charge in [-0.25, -0.2) is 9.97 Å². The summed E-state index contributed by atoms with van der Waals surface area (Å²) >= 11 is 1.80. The van der Waals surface area contributed by atoms with Gasteiger partial charge in [0.05, 0.1) is 0 Å². The van der Waals surface area contributed by atoms with Crippen molar-refractivity contribution < 1.29 is 0 Å². The zero-order chi connectivity index (χ0) is 12.0. The zero-order valence-electron chi connectivity index (χ0n) is 10.6. The van der Waals surface area contributed by atoms with E-state index in [4.69, 9.17) is 0 Å². The molecule has 0 atom stereocenters. The molecule has 0 aliphatic rings. The average molecular weight is 239 g/mol. The van der Waals surface area contributed by atoms with E-state index in [0.29, 0.717) is 5.92 Å². The lowest BCUT2D eigenvalue weighted by atomic mass is 10.2. The normalized spacial score (nSPS) is 10.8. The van der Waals surface area contributed by atoms with Crippen LogP contribution in [-0.4, -0.2) is 22.3 Å². The first-order valence-electron chi connectivity index (χ1n) is 5.93. The van der Waals surface area contributed by atoms with Crippen molar-refractivity contribution in [1.29, 1.82) is 0 Å². The number of thioether (sulfide) groups is 1. The summed E-state index contributed by atoms with van der Waals surface area (Å²) in [6, 6.07) is 2.04. The Labute approximate surface area is 102 Å². The molecule has 90 valence electrons. The molecule has 1 heterocycles. The lowest BCUT2D eigenvalue weighted by Crippen LogP contribution is -2.05. The maximum absolute atomic E-state index is 4.56. The molecule has 0 spiro atoms. The third-order valence-electron chi connectivity index (χ3n) is 2.05. The van der Waals surface area contributed by atoms with Gasteiger partial charge in [-0.2, -0.15) is 0 Å². The highest BCUT2D eigenvalue weighted by atomic mass is 32.2. The van der Waals surface area contributed by atoms with Crippen LogP contribution in [0.15, 0.2) is 11.1 Å². The van der Waals surface area contributed by atoms with Gasteiger partial charge in [0, 0.05) is 18.5 Å². The highest BCUT2D eigenvalue weighted by Gasteiger charge is 2.07. The van der Waals surface area contributed by atoms with Gasteiger partial charge in [-0.3, -0.25) is 0 Å². The van der Waals surface area contributed by atoms with Crippen LogP contribution < -0.4 is 5.32 Å². The molecule has 0 radical (unpaired) electrons. The van der Waals surface area contributed by atoms with Crippen molar-refractivity contribution in [1.82, 2.24) is 9.97 Å². The Morgan fingerprint density at radius 2 is 2.06 bits per heavy atom. The van der Waals surface area contributed by atoms with E-state index in [0.717, 1.165) is 29.0 Å². The van der Waals surface area contributed by atoms with E-state index in [2.05, 4.69) is 43.0 Å². The van der Waals surface area contributed by atoms with Crippen molar-refractivity contribution in [3.8, 4) is 0 Å². The summed E-state index contributed by atoms with van der Waals surface area (Å²) in [6.45, 7) is 9.41. The second-order valence-electron chi connectivity index (χ2n) is 3.98. The van der Waals surface area contributed by atoms with E-state index in [9.17, 15) is 0 Å². The lowest BCUT2D eigenvalue weighted by Gasteiger charge is -2.10.